The summed E-state index contributed by atoms with van der Waals surface area (Å²) in [5.74, 6) is 0.206. The molecule has 7 nitrogen and oxygen atoms in total. The van der Waals surface area contributed by atoms with Crippen LogP contribution in [0.4, 0.5) is 18.9 Å². The highest BCUT2D eigenvalue weighted by Gasteiger charge is 2.39. The number of piperazine rings is 1. The summed E-state index contributed by atoms with van der Waals surface area (Å²) >= 11 is 11.9. The SMILES string of the molecule is COCc1c(Cl)c(C(F)(F)F)nn1CC(=O)N1CCN(c2ccc(Cl)c(OC)c2)CC1. The van der Waals surface area contributed by atoms with Crippen molar-refractivity contribution in [3.63, 3.8) is 0 Å². The highest BCUT2D eigenvalue weighted by Crippen LogP contribution is 2.36. The van der Waals surface area contributed by atoms with Gasteiger partial charge in [-0.15, -0.1) is 0 Å². The largest absolute Gasteiger partial charge is 0.495 e. The number of ether oxygens (including phenoxy) is 2. The molecule has 1 amide bonds. The van der Waals surface area contributed by atoms with Gasteiger partial charge in [0.2, 0.25) is 5.91 Å². The lowest BCUT2D eigenvalue weighted by molar-refractivity contribution is -0.142. The second-order valence-electron chi connectivity index (χ2n) is 6.88. The van der Waals surface area contributed by atoms with Crippen LogP contribution in [0, 0.1) is 0 Å². The number of amides is 1. The van der Waals surface area contributed by atoms with Gasteiger partial charge in [0.15, 0.2) is 5.69 Å². The number of hydrogen-bond donors (Lipinski definition) is 0. The van der Waals surface area contributed by atoms with E-state index in [1.54, 1.807) is 11.0 Å². The lowest BCUT2D eigenvalue weighted by Gasteiger charge is -2.36. The number of aromatic nitrogens is 2. The first-order chi connectivity index (χ1) is 14.7. The van der Waals surface area contributed by atoms with Gasteiger partial charge in [-0.25, -0.2) is 0 Å². The highest BCUT2D eigenvalue weighted by atomic mass is 35.5. The third-order valence-electron chi connectivity index (χ3n) is 4.96. The predicted molar refractivity (Wildman–Crippen MR) is 110 cm³/mol. The molecule has 0 unspecified atom stereocenters. The van der Waals surface area contributed by atoms with Gasteiger partial charge < -0.3 is 19.3 Å². The summed E-state index contributed by atoms with van der Waals surface area (Å²) in [5.41, 5.74) is -0.309. The lowest BCUT2D eigenvalue weighted by atomic mass is 10.2. The van der Waals surface area contributed by atoms with E-state index in [2.05, 4.69) is 10.00 Å². The summed E-state index contributed by atoms with van der Waals surface area (Å²) in [6, 6.07) is 5.43. The first-order valence-electron chi connectivity index (χ1n) is 9.33. The van der Waals surface area contributed by atoms with Gasteiger partial charge in [-0.2, -0.15) is 18.3 Å². The molecule has 0 bridgehead atoms. The summed E-state index contributed by atoms with van der Waals surface area (Å²) < 4.78 is 50.5. The number of anilines is 1. The number of halogens is 5. The minimum absolute atomic E-state index is 0.0109. The number of alkyl halides is 3. The molecule has 1 aliphatic rings. The molecule has 2 heterocycles. The fourth-order valence-electron chi connectivity index (χ4n) is 3.35. The topological polar surface area (TPSA) is 59.8 Å². The lowest BCUT2D eigenvalue weighted by Crippen LogP contribution is -2.49. The molecule has 2 aromatic rings. The Bertz CT molecular complexity index is 944. The standard InChI is InChI=1S/C19H21Cl2F3N4O3/c1-30-11-14-17(21)18(19(22,23)24)25-28(14)10-16(29)27-7-5-26(6-8-27)12-3-4-13(20)15(9-12)31-2/h3-4,9H,5-8,10-11H2,1-2H3. The smallest absolute Gasteiger partial charge is 0.436 e. The molecule has 0 atom stereocenters. The van der Waals surface area contributed by atoms with Crippen molar-refractivity contribution < 1.29 is 27.4 Å². The fraction of sp³-hybridized carbons (Fsp3) is 0.474. The summed E-state index contributed by atoms with van der Waals surface area (Å²) in [4.78, 5) is 16.4. The second kappa shape index (κ2) is 9.54. The Morgan fingerprint density at radius 3 is 2.42 bits per heavy atom. The normalized spacial score (nSPS) is 14.8. The van der Waals surface area contributed by atoms with Crippen molar-refractivity contribution in [3.8, 4) is 5.75 Å². The number of methoxy groups -OCH3 is 2. The molecule has 170 valence electrons. The van der Waals surface area contributed by atoms with Crippen molar-refractivity contribution >= 4 is 34.8 Å². The monoisotopic (exact) mass is 480 g/mol. The van der Waals surface area contributed by atoms with Gasteiger partial charge in [0, 0.05) is 45.0 Å². The van der Waals surface area contributed by atoms with E-state index in [1.807, 2.05) is 12.1 Å². The molecule has 0 spiro atoms. The molecular formula is C19H21Cl2F3N4O3. The molecule has 0 saturated carbocycles. The second-order valence-corrected chi connectivity index (χ2v) is 7.67. The van der Waals surface area contributed by atoms with Gasteiger partial charge >= 0.3 is 6.18 Å². The maximum absolute atomic E-state index is 13.1. The number of rotatable bonds is 6. The molecule has 31 heavy (non-hydrogen) atoms. The van der Waals surface area contributed by atoms with Crippen LogP contribution in [-0.4, -0.2) is 61.0 Å². The molecule has 12 heteroatoms. The zero-order chi connectivity index (χ0) is 22.8. The molecular weight excluding hydrogens is 460 g/mol. The Labute approximate surface area is 187 Å². The van der Waals surface area contributed by atoms with Crippen LogP contribution in [0.1, 0.15) is 11.4 Å². The summed E-state index contributed by atoms with van der Waals surface area (Å²) in [6.07, 6.45) is -4.72. The number of benzene rings is 1. The quantitative estimate of drug-likeness (QED) is 0.630. The number of carbonyl (C=O) groups is 1. The van der Waals surface area contributed by atoms with Crippen molar-refractivity contribution in [1.82, 2.24) is 14.7 Å². The molecule has 0 aliphatic carbocycles. The van der Waals surface area contributed by atoms with Gasteiger partial charge in [0.1, 0.15) is 12.3 Å². The van der Waals surface area contributed by atoms with Crippen LogP contribution >= 0.6 is 23.2 Å². The van der Waals surface area contributed by atoms with E-state index in [-0.39, 0.29) is 24.8 Å². The van der Waals surface area contributed by atoms with Crippen LogP contribution in [0.25, 0.3) is 0 Å². The van der Waals surface area contributed by atoms with Crippen LogP contribution in [-0.2, 0) is 28.9 Å². The van der Waals surface area contributed by atoms with Crippen molar-refractivity contribution in [2.75, 3.05) is 45.3 Å². The zero-order valence-corrected chi connectivity index (χ0v) is 18.4. The van der Waals surface area contributed by atoms with Crippen LogP contribution < -0.4 is 9.64 Å². The summed E-state index contributed by atoms with van der Waals surface area (Å²) in [5, 5.41) is 3.47. The molecule has 0 radical (unpaired) electrons. The number of carbonyl (C=O) groups excluding carboxylic acids is 1. The number of nitrogens with zero attached hydrogens (tertiary/aromatic N) is 4. The molecule has 1 fully saturated rings. The average Bonchev–Trinajstić information content (AvgIpc) is 3.04. The van der Waals surface area contributed by atoms with Gasteiger partial charge in [0.05, 0.1) is 29.5 Å². The molecule has 3 rings (SSSR count). The van der Waals surface area contributed by atoms with E-state index < -0.39 is 16.9 Å². The van der Waals surface area contributed by atoms with Crippen LogP contribution in [0.2, 0.25) is 10.0 Å². The molecule has 1 aromatic heterocycles. The maximum atomic E-state index is 13.1. The van der Waals surface area contributed by atoms with Gasteiger partial charge in [-0.3, -0.25) is 9.48 Å². The molecule has 0 N–H and O–H groups in total. The third-order valence-corrected chi connectivity index (χ3v) is 5.67. The van der Waals surface area contributed by atoms with Crippen LogP contribution in [0.3, 0.4) is 0 Å². The predicted octanol–water partition coefficient (Wildman–Crippen LogP) is 3.71. The molecule has 1 aliphatic heterocycles. The van der Waals surface area contributed by atoms with E-state index >= 15 is 0 Å². The van der Waals surface area contributed by atoms with E-state index in [0.29, 0.717) is 37.0 Å². The Hall–Kier alpha value is -2.17. The third kappa shape index (κ3) is 5.19. The van der Waals surface area contributed by atoms with Crippen LogP contribution in [0.5, 0.6) is 5.75 Å². The van der Waals surface area contributed by atoms with E-state index in [1.165, 1.54) is 14.2 Å². The van der Waals surface area contributed by atoms with Gasteiger partial charge in [-0.05, 0) is 12.1 Å². The van der Waals surface area contributed by atoms with E-state index in [4.69, 9.17) is 32.7 Å². The zero-order valence-electron chi connectivity index (χ0n) is 16.9. The fourth-order valence-corrected chi connectivity index (χ4v) is 3.84. The highest BCUT2D eigenvalue weighted by molar-refractivity contribution is 6.32. The Morgan fingerprint density at radius 2 is 1.84 bits per heavy atom. The average molecular weight is 481 g/mol. The van der Waals surface area contributed by atoms with Gasteiger partial charge in [0.25, 0.3) is 0 Å². The first kappa shape index (κ1) is 23.5. The van der Waals surface area contributed by atoms with Crippen LogP contribution in [0.15, 0.2) is 18.2 Å². The Morgan fingerprint density at radius 1 is 1.16 bits per heavy atom. The number of hydrogen-bond acceptors (Lipinski definition) is 5. The van der Waals surface area contributed by atoms with E-state index in [9.17, 15) is 18.0 Å². The van der Waals surface area contributed by atoms with Crippen molar-refractivity contribution in [3.05, 3.63) is 39.6 Å². The summed E-state index contributed by atoms with van der Waals surface area (Å²) in [7, 11) is 2.86. The Kier molecular flexibility index (Phi) is 7.23. The minimum Gasteiger partial charge on any atom is -0.495 e. The van der Waals surface area contributed by atoms with Crippen molar-refractivity contribution in [2.45, 2.75) is 19.3 Å². The maximum Gasteiger partial charge on any atom is 0.436 e. The van der Waals surface area contributed by atoms with E-state index in [0.717, 1.165) is 10.4 Å². The Balaban J connectivity index is 1.68. The minimum atomic E-state index is -4.72. The van der Waals surface area contributed by atoms with Crippen molar-refractivity contribution in [1.29, 1.82) is 0 Å². The van der Waals surface area contributed by atoms with Gasteiger partial charge in [-0.1, -0.05) is 23.2 Å². The first-order valence-corrected chi connectivity index (χ1v) is 10.1. The van der Waals surface area contributed by atoms with Crippen molar-refractivity contribution in [2.24, 2.45) is 0 Å². The molecule has 1 saturated heterocycles. The summed E-state index contributed by atoms with van der Waals surface area (Å²) in [6.45, 7) is 1.36. The molecule has 1 aromatic carbocycles.